The molecular weight excluding hydrogens is 322 g/mol. The second-order valence-corrected chi connectivity index (χ2v) is 7.31. The van der Waals surface area contributed by atoms with Crippen LogP contribution in [0.2, 0.25) is 0 Å². The first-order valence-electron chi connectivity index (χ1n) is 8.33. The molecule has 1 atom stereocenters. The summed E-state index contributed by atoms with van der Waals surface area (Å²) >= 11 is 1.72. The maximum Gasteiger partial charge on any atom is 0.259 e. The van der Waals surface area contributed by atoms with E-state index in [1.807, 2.05) is 4.90 Å². The predicted octanol–water partition coefficient (Wildman–Crippen LogP) is 3.69. The highest BCUT2D eigenvalue weighted by Gasteiger charge is 2.29. The van der Waals surface area contributed by atoms with Gasteiger partial charge in [0.1, 0.15) is 5.56 Å². The predicted molar refractivity (Wildman–Crippen MR) is 94.9 cm³/mol. The van der Waals surface area contributed by atoms with E-state index in [0.717, 1.165) is 30.1 Å². The number of likely N-dealkylation sites (tertiary alicyclic amines) is 1. The molecule has 2 aromatic heterocycles. The van der Waals surface area contributed by atoms with Crippen LogP contribution in [0.25, 0.3) is 0 Å². The minimum absolute atomic E-state index is 0.00899. The number of hydrogen-bond acceptors (Lipinski definition) is 5. The summed E-state index contributed by atoms with van der Waals surface area (Å²) in [6.45, 7) is 5.80. The molecule has 6 heteroatoms. The molecule has 5 nitrogen and oxygen atoms in total. The summed E-state index contributed by atoms with van der Waals surface area (Å²) in [4.78, 5) is 23.7. The first-order valence-corrected chi connectivity index (χ1v) is 9.21. The van der Waals surface area contributed by atoms with Gasteiger partial charge in [0.2, 0.25) is 5.88 Å². The number of nitrogens with zero attached hydrogens (tertiary/aromatic N) is 3. The van der Waals surface area contributed by atoms with Crippen molar-refractivity contribution < 1.29 is 9.53 Å². The van der Waals surface area contributed by atoms with Crippen molar-refractivity contribution in [3.63, 3.8) is 0 Å². The largest absolute Gasteiger partial charge is 0.480 e. The van der Waals surface area contributed by atoms with Crippen LogP contribution in [0, 0.1) is 0 Å². The van der Waals surface area contributed by atoms with Crippen molar-refractivity contribution in [1.82, 2.24) is 14.9 Å². The number of aromatic nitrogens is 2. The van der Waals surface area contributed by atoms with Crippen LogP contribution in [0.5, 0.6) is 5.88 Å². The first kappa shape index (κ1) is 16.9. The number of thiazole rings is 1. The SMILES string of the molecule is COc1ncccc1C(=O)N1CCC[C@@H](c2nc(C(C)C)cs2)C1. The van der Waals surface area contributed by atoms with Crippen LogP contribution in [0.15, 0.2) is 23.7 Å². The Bertz CT molecular complexity index is 714. The quantitative estimate of drug-likeness (QED) is 0.848. The van der Waals surface area contributed by atoms with Gasteiger partial charge in [-0.15, -0.1) is 11.3 Å². The van der Waals surface area contributed by atoms with Gasteiger partial charge in [0.15, 0.2) is 0 Å². The van der Waals surface area contributed by atoms with Gasteiger partial charge < -0.3 is 9.64 Å². The second-order valence-electron chi connectivity index (χ2n) is 6.42. The number of carbonyl (C=O) groups is 1. The lowest BCUT2D eigenvalue weighted by atomic mass is 9.98. The number of amides is 1. The van der Waals surface area contributed by atoms with Crippen molar-refractivity contribution in [2.75, 3.05) is 20.2 Å². The fourth-order valence-electron chi connectivity index (χ4n) is 3.00. The van der Waals surface area contributed by atoms with E-state index >= 15 is 0 Å². The molecule has 24 heavy (non-hydrogen) atoms. The molecule has 128 valence electrons. The minimum Gasteiger partial charge on any atom is -0.480 e. The fourth-order valence-corrected chi connectivity index (χ4v) is 4.11. The molecule has 2 aromatic rings. The third-order valence-electron chi connectivity index (χ3n) is 4.38. The van der Waals surface area contributed by atoms with E-state index in [1.54, 1.807) is 36.8 Å². The Morgan fingerprint density at radius 3 is 3.00 bits per heavy atom. The summed E-state index contributed by atoms with van der Waals surface area (Å²) in [5.74, 6) is 1.14. The minimum atomic E-state index is -0.00899. The number of carbonyl (C=O) groups excluding carboxylic acids is 1. The second kappa shape index (κ2) is 7.30. The van der Waals surface area contributed by atoms with Gasteiger partial charge in [-0.3, -0.25) is 4.79 Å². The molecule has 0 saturated carbocycles. The van der Waals surface area contributed by atoms with Gasteiger partial charge in [0, 0.05) is 30.6 Å². The molecule has 1 fully saturated rings. The Kier molecular flexibility index (Phi) is 5.14. The van der Waals surface area contributed by atoms with E-state index in [4.69, 9.17) is 9.72 Å². The highest BCUT2D eigenvalue weighted by molar-refractivity contribution is 7.09. The molecule has 0 radical (unpaired) electrons. The zero-order valence-corrected chi connectivity index (χ0v) is 15.2. The summed E-state index contributed by atoms with van der Waals surface area (Å²) in [6.07, 6.45) is 3.71. The summed E-state index contributed by atoms with van der Waals surface area (Å²) in [5, 5.41) is 3.29. The molecule has 0 N–H and O–H groups in total. The average Bonchev–Trinajstić information content (AvgIpc) is 3.11. The van der Waals surface area contributed by atoms with Gasteiger partial charge in [-0.2, -0.15) is 0 Å². The molecule has 1 aliphatic rings. The van der Waals surface area contributed by atoms with Crippen molar-refractivity contribution >= 4 is 17.2 Å². The van der Waals surface area contributed by atoms with Crippen LogP contribution in [-0.4, -0.2) is 41.0 Å². The number of pyridine rings is 1. The highest BCUT2D eigenvalue weighted by Crippen LogP contribution is 2.32. The van der Waals surface area contributed by atoms with Crippen molar-refractivity contribution in [3.05, 3.63) is 40.0 Å². The average molecular weight is 345 g/mol. The van der Waals surface area contributed by atoms with Gasteiger partial charge >= 0.3 is 0 Å². The first-order chi connectivity index (χ1) is 11.6. The maximum absolute atomic E-state index is 12.9. The van der Waals surface area contributed by atoms with Crippen LogP contribution >= 0.6 is 11.3 Å². The van der Waals surface area contributed by atoms with Crippen molar-refractivity contribution in [3.8, 4) is 5.88 Å². The van der Waals surface area contributed by atoms with Crippen molar-refractivity contribution in [2.24, 2.45) is 0 Å². The molecule has 0 aromatic carbocycles. The smallest absolute Gasteiger partial charge is 0.259 e. The lowest BCUT2D eigenvalue weighted by Gasteiger charge is -2.32. The number of piperidine rings is 1. The third kappa shape index (κ3) is 3.43. The normalized spacial score (nSPS) is 18.0. The Balaban J connectivity index is 1.76. The summed E-state index contributed by atoms with van der Waals surface area (Å²) in [6, 6.07) is 3.55. The summed E-state index contributed by atoms with van der Waals surface area (Å²) < 4.78 is 5.23. The van der Waals surface area contributed by atoms with E-state index in [2.05, 4.69) is 24.2 Å². The molecule has 3 rings (SSSR count). The van der Waals surface area contributed by atoms with Gasteiger partial charge in [0.05, 0.1) is 17.8 Å². The van der Waals surface area contributed by atoms with Gasteiger partial charge in [-0.25, -0.2) is 9.97 Å². The van der Waals surface area contributed by atoms with E-state index in [1.165, 1.54) is 0 Å². The van der Waals surface area contributed by atoms with Crippen LogP contribution in [0.3, 0.4) is 0 Å². The highest BCUT2D eigenvalue weighted by atomic mass is 32.1. The number of ether oxygens (including phenoxy) is 1. The Labute approximate surface area is 146 Å². The molecule has 0 aliphatic carbocycles. The molecule has 3 heterocycles. The standard InChI is InChI=1S/C18H23N3O2S/c1-12(2)15-11-24-17(20-15)13-6-5-9-21(10-13)18(22)14-7-4-8-19-16(14)23-3/h4,7-8,11-13H,5-6,9-10H2,1-3H3/t13-/m1/s1. The zero-order chi connectivity index (χ0) is 17.1. The van der Waals surface area contributed by atoms with Gasteiger partial charge in [0.25, 0.3) is 5.91 Å². The van der Waals surface area contributed by atoms with Crippen LogP contribution in [0.1, 0.15) is 59.6 Å². The lowest BCUT2D eigenvalue weighted by Crippen LogP contribution is -2.39. The number of rotatable bonds is 4. The number of hydrogen-bond donors (Lipinski definition) is 0. The van der Waals surface area contributed by atoms with E-state index < -0.39 is 0 Å². The molecule has 1 amide bonds. The zero-order valence-electron chi connectivity index (χ0n) is 14.4. The van der Waals surface area contributed by atoms with E-state index in [0.29, 0.717) is 29.8 Å². The monoisotopic (exact) mass is 345 g/mol. The lowest BCUT2D eigenvalue weighted by molar-refractivity contribution is 0.0702. The molecular formula is C18H23N3O2S. The van der Waals surface area contributed by atoms with Crippen molar-refractivity contribution in [1.29, 1.82) is 0 Å². The Morgan fingerprint density at radius 1 is 1.46 bits per heavy atom. The Hall–Kier alpha value is -1.95. The number of methoxy groups -OCH3 is 1. The van der Waals surface area contributed by atoms with Crippen LogP contribution in [-0.2, 0) is 0 Å². The summed E-state index contributed by atoms with van der Waals surface area (Å²) in [5.41, 5.74) is 1.68. The van der Waals surface area contributed by atoms with Gasteiger partial charge in [-0.1, -0.05) is 13.8 Å². The molecule has 0 spiro atoms. The van der Waals surface area contributed by atoms with Crippen molar-refractivity contribution in [2.45, 2.75) is 38.5 Å². The maximum atomic E-state index is 12.9. The van der Waals surface area contributed by atoms with Crippen LogP contribution < -0.4 is 4.74 Å². The Morgan fingerprint density at radius 2 is 2.29 bits per heavy atom. The fraction of sp³-hybridized carbons (Fsp3) is 0.500. The molecule has 0 bridgehead atoms. The van der Waals surface area contributed by atoms with Gasteiger partial charge in [-0.05, 0) is 30.9 Å². The third-order valence-corrected chi connectivity index (χ3v) is 5.41. The molecule has 1 saturated heterocycles. The summed E-state index contributed by atoms with van der Waals surface area (Å²) in [7, 11) is 1.54. The molecule has 0 unspecified atom stereocenters. The molecule has 1 aliphatic heterocycles. The topological polar surface area (TPSA) is 55.3 Å². The van der Waals surface area contributed by atoms with Crippen LogP contribution in [0.4, 0.5) is 0 Å². The van der Waals surface area contributed by atoms with E-state index in [9.17, 15) is 4.79 Å². The van der Waals surface area contributed by atoms with E-state index in [-0.39, 0.29) is 5.91 Å².